The predicted molar refractivity (Wildman–Crippen MR) is 280 cm³/mol. The smallest absolute Gasteiger partial charge is 0.408 e. The van der Waals surface area contributed by atoms with Crippen LogP contribution in [0.15, 0.2) is 12.2 Å². The number of ether oxygens (including phenoxy) is 2. The minimum Gasteiger partial charge on any atom is -0.444 e. The van der Waals surface area contributed by atoms with Crippen molar-refractivity contribution >= 4 is 29.7 Å². The summed E-state index contributed by atoms with van der Waals surface area (Å²) in [4.78, 5) is 66.9. The average Bonchev–Trinajstić information content (AvgIpc) is 3.31. The maximum atomic E-state index is 14.1. The molecule has 5 amide bonds. The van der Waals surface area contributed by atoms with Gasteiger partial charge in [0.05, 0.1) is 13.2 Å². The van der Waals surface area contributed by atoms with E-state index in [9.17, 15) is 39.3 Å². The lowest BCUT2D eigenvalue weighted by Crippen LogP contribution is -2.69. The topological polar surface area (TPSA) is 216 Å². The molecule has 1 aliphatic rings. The number of amides is 5. The van der Waals surface area contributed by atoms with Gasteiger partial charge in [-0.25, -0.2) is 4.79 Å². The number of carbonyl (C=O) groups is 5. The number of aliphatic hydroxyl groups excluding tert-OH is 3. The summed E-state index contributed by atoms with van der Waals surface area (Å²) in [5.74, 6) is -2.26. The van der Waals surface area contributed by atoms with E-state index in [1.54, 1.807) is 25.7 Å². The van der Waals surface area contributed by atoms with E-state index >= 15 is 0 Å². The highest BCUT2D eigenvalue weighted by molar-refractivity contribution is 5.92. The maximum absolute atomic E-state index is 14.1. The molecule has 1 heterocycles. The van der Waals surface area contributed by atoms with Gasteiger partial charge >= 0.3 is 6.09 Å². The quantitative estimate of drug-likeness (QED) is 0.0227. The van der Waals surface area contributed by atoms with Crippen LogP contribution in [0.5, 0.6) is 0 Å². The largest absolute Gasteiger partial charge is 0.444 e. The summed E-state index contributed by atoms with van der Waals surface area (Å²) in [6.45, 7) is 11.6. The lowest BCUT2D eigenvalue weighted by atomic mass is 9.94. The van der Waals surface area contributed by atoms with Crippen LogP contribution in [0.25, 0.3) is 0 Å². The zero-order chi connectivity index (χ0) is 52.0. The highest BCUT2D eigenvalue weighted by Crippen LogP contribution is 2.26. The summed E-state index contributed by atoms with van der Waals surface area (Å²) in [6, 6.07) is -3.39. The molecule has 0 unspecified atom stereocenters. The zero-order valence-electron chi connectivity index (χ0n) is 45.2. The van der Waals surface area contributed by atoms with Crippen molar-refractivity contribution in [3.63, 3.8) is 0 Å². The molecule has 15 nitrogen and oxygen atoms in total. The fraction of sp³-hybridized carbons (Fsp3) is 0.873. The SMILES string of the molecule is CCCCCCCCC=CCCCCCCCC(=O)N(CCCCCCCCCCCCCCCCCC)[C@@H]1O[C@H](CO)[C@@H](O)[C@H](O)[C@H]1NC(=O)CNC(=O)[C@H](C)NC(=O)[C@H](C)NC(=O)OC(C)(C)C. The molecule has 0 spiro atoms. The number of hydrogen-bond acceptors (Lipinski definition) is 10. The van der Waals surface area contributed by atoms with E-state index in [0.717, 1.165) is 57.8 Å². The second-order valence-corrected chi connectivity index (χ2v) is 20.9. The molecule has 7 N–H and O–H groups in total. The standard InChI is InChI=1S/C55H103N5O10/c1-8-10-12-14-16-18-20-22-24-26-28-30-32-34-36-38-40-60(47(63)39-37-35-33-31-29-27-25-23-21-19-17-15-13-11-9-2)53-48(50(65)49(64)45(42-61)69-53)59-46(62)41-56-51(66)43(3)57-52(67)44(4)58-54(68)70-55(5,6)7/h23,25,43-45,48-50,53,61,64-65H,8-22,24,26-42H2,1-7H3,(H,56,66)(H,57,67)(H,58,68)(H,59,62)/t43-,44-,45+,48+,49+,50+,53+/m0/s1. The van der Waals surface area contributed by atoms with E-state index in [1.807, 2.05) is 0 Å². The van der Waals surface area contributed by atoms with Gasteiger partial charge in [0.2, 0.25) is 23.6 Å². The van der Waals surface area contributed by atoms with Crippen LogP contribution in [0.1, 0.15) is 241 Å². The molecule has 0 aliphatic carbocycles. The molecule has 1 rings (SSSR count). The Morgan fingerprint density at radius 3 is 1.53 bits per heavy atom. The van der Waals surface area contributed by atoms with Gasteiger partial charge in [0.1, 0.15) is 42.0 Å². The molecule has 0 aromatic heterocycles. The van der Waals surface area contributed by atoms with E-state index in [4.69, 9.17) is 9.47 Å². The average molecular weight is 994 g/mol. The van der Waals surface area contributed by atoms with Crippen molar-refractivity contribution in [2.24, 2.45) is 0 Å². The minimum atomic E-state index is -1.60. The Kier molecular flexibility index (Phi) is 37.2. The molecule has 1 saturated heterocycles. The fourth-order valence-electron chi connectivity index (χ4n) is 8.75. The molecule has 7 atom stereocenters. The molecule has 0 bridgehead atoms. The van der Waals surface area contributed by atoms with E-state index in [1.165, 1.54) is 129 Å². The first-order valence-electron chi connectivity index (χ1n) is 28.0. The number of alkyl carbamates (subject to hydrolysis) is 1. The Bertz CT molecular complexity index is 1430. The molecule has 1 fully saturated rings. The number of allylic oxidation sites excluding steroid dienone is 2. The molecule has 0 aromatic rings. The number of carbonyl (C=O) groups excluding carboxylic acids is 5. The van der Waals surface area contributed by atoms with E-state index in [0.29, 0.717) is 19.4 Å². The van der Waals surface area contributed by atoms with E-state index in [2.05, 4.69) is 47.3 Å². The number of unbranched alkanes of at least 4 members (excludes halogenated alkanes) is 26. The molecule has 1 aliphatic heterocycles. The summed E-state index contributed by atoms with van der Waals surface area (Å²) >= 11 is 0. The van der Waals surface area contributed by atoms with Gasteiger partial charge in [-0.05, 0) is 73.1 Å². The minimum absolute atomic E-state index is 0.198. The van der Waals surface area contributed by atoms with Crippen molar-refractivity contribution in [1.29, 1.82) is 0 Å². The van der Waals surface area contributed by atoms with Crippen molar-refractivity contribution < 1.29 is 48.8 Å². The third-order valence-corrected chi connectivity index (χ3v) is 13.1. The Hall–Kier alpha value is -3.27. The predicted octanol–water partition coefficient (Wildman–Crippen LogP) is 9.57. The Morgan fingerprint density at radius 2 is 1.06 bits per heavy atom. The molecular formula is C55H103N5O10. The van der Waals surface area contributed by atoms with Gasteiger partial charge in [-0.2, -0.15) is 0 Å². The molecule has 0 radical (unpaired) electrons. The summed E-state index contributed by atoms with van der Waals surface area (Å²) in [5, 5.41) is 42.5. The Labute approximate surface area is 424 Å². The maximum Gasteiger partial charge on any atom is 0.408 e. The summed E-state index contributed by atoms with van der Waals surface area (Å²) in [7, 11) is 0. The van der Waals surface area contributed by atoms with Crippen molar-refractivity contribution in [1.82, 2.24) is 26.2 Å². The van der Waals surface area contributed by atoms with Gasteiger partial charge in [0, 0.05) is 13.0 Å². The normalized spacial score (nSPS) is 19.1. The van der Waals surface area contributed by atoms with Crippen molar-refractivity contribution in [2.45, 2.75) is 289 Å². The van der Waals surface area contributed by atoms with Crippen LogP contribution >= 0.6 is 0 Å². The highest BCUT2D eigenvalue weighted by atomic mass is 16.6. The van der Waals surface area contributed by atoms with Gasteiger partial charge < -0.3 is 51.0 Å². The Balaban J connectivity index is 2.86. The third kappa shape index (κ3) is 31.2. The second kappa shape index (κ2) is 40.2. The number of hydrogen-bond donors (Lipinski definition) is 7. The first-order valence-corrected chi connectivity index (χ1v) is 28.0. The monoisotopic (exact) mass is 994 g/mol. The van der Waals surface area contributed by atoms with E-state index < -0.39 is 85.2 Å². The van der Waals surface area contributed by atoms with Gasteiger partial charge in [0.25, 0.3) is 0 Å². The number of rotatable bonds is 41. The van der Waals surface area contributed by atoms with Gasteiger partial charge in [-0.1, -0.05) is 174 Å². The van der Waals surface area contributed by atoms with Gasteiger partial charge in [-0.3, -0.25) is 19.2 Å². The summed E-state index contributed by atoms with van der Waals surface area (Å²) in [6.07, 6.45) is 32.5. The number of nitrogens with zero attached hydrogens (tertiary/aromatic N) is 1. The third-order valence-electron chi connectivity index (χ3n) is 13.1. The van der Waals surface area contributed by atoms with Crippen LogP contribution < -0.4 is 21.3 Å². The molecule has 70 heavy (non-hydrogen) atoms. The molecule has 408 valence electrons. The lowest BCUT2D eigenvalue weighted by molar-refractivity contribution is -0.231. The number of aliphatic hydroxyl groups is 3. The molecule has 15 heteroatoms. The lowest BCUT2D eigenvalue weighted by Gasteiger charge is -2.47. The van der Waals surface area contributed by atoms with Crippen LogP contribution in [-0.4, -0.2) is 118 Å². The summed E-state index contributed by atoms with van der Waals surface area (Å²) in [5.41, 5.74) is -0.768. The fourth-order valence-corrected chi connectivity index (χ4v) is 8.75. The molecule has 0 aromatic carbocycles. The number of nitrogens with one attached hydrogen (secondary N) is 4. The van der Waals surface area contributed by atoms with E-state index in [-0.39, 0.29) is 12.3 Å². The molecular weight excluding hydrogens is 891 g/mol. The first kappa shape index (κ1) is 64.7. The Morgan fingerprint density at radius 1 is 0.614 bits per heavy atom. The first-order chi connectivity index (χ1) is 33.6. The second-order valence-electron chi connectivity index (χ2n) is 20.9. The van der Waals surface area contributed by atoms with Crippen LogP contribution in [-0.2, 0) is 28.7 Å². The van der Waals surface area contributed by atoms with Gasteiger partial charge in [-0.15, -0.1) is 0 Å². The van der Waals surface area contributed by atoms with Crippen molar-refractivity contribution in [3.05, 3.63) is 12.2 Å². The van der Waals surface area contributed by atoms with Crippen LogP contribution in [0.4, 0.5) is 4.79 Å². The van der Waals surface area contributed by atoms with Gasteiger partial charge in [0.15, 0.2) is 6.23 Å². The zero-order valence-corrected chi connectivity index (χ0v) is 45.2. The van der Waals surface area contributed by atoms with Crippen LogP contribution in [0.2, 0.25) is 0 Å². The van der Waals surface area contributed by atoms with Crippen molar-refractivity contribution in [2.75, 3.05) is 19.7 Å². The van der Waals surface area contributed by atoms with Crippen molar-refractivity contribution in [3.8, 4) is 0 Å². The highest BCUT2D eigenvalue weighted by Gasteiger charge is 2.48. The van der Waals surface area contributed by atoms with Crippen LogP contribution in [0.3, 0.4) is 0 Å². The van der Waals surface area contributed by atoms with Crippen LogP contribution in [0, 0.1) is 0 Å². The summed E-state index contributed by atoms with van der Waals surface area (Å²) < 4.78 is 11.3. The molecule has 0 saturated carbocycles.